The first-order chi connectivity index (χ1) is 13.6. The van der Waals surface area contributed by atoms with Crippen LogP contribution in [0.3, 0.4) is 0 Å². The van der Waals surface area contributed by atoms with E-state index in [1.165, 1.54) is 12.1 Å². The smallest absolute Gasteiger partial charge is 0.265 e. The first kappa shape index (κ1) is 18.3. The monoisotopic (exact) mass is 384 g/mol. The minimum Gasteiger partial charge on any atom is -0.467 e. The predicted molar refractivity (Wildman–Crippen MR) is 100 cm³/mol. The molecular weight excluding hydrogens is 363 g/mol. The van der Waals surface area contributed by atoms with Gasteiger partial charge in [-0.2, -0.15) is 9.97 Å². The molecule has 0 unspecified atom stereocenters. The van der Waals surface area contributed by atoms with E-state index in [1.807, 2.05) is 4.90 Å². The van der Waals surface area contributed by atoms with E-state index in [0.717, 1.165) is 38.8 Å². The van der Waals surface area contributed by atoms with Crippen LogP contribution in [0.5, 0.6) is 5.88 Å². The molecule has 1 aliphatic rings. The van der Waals surface area contributed by atoms with Gasteiger partial charge in [0.15, 0.2) is 6.61 Å². The maximum absolute atomic E-state index is 13.6. The summed E-state index contributed by atoms with van der Waals surface area (Å²) in [7, 11) is 0. The molecule has 3 heterocycles. The maximum atomic E-state index is 13.6. The van der Waals surface area contributed by atoms with Crippen molar-refractivity contribution < 1.29 is 18.4 Å². The Morgan fingerprint density at radius 2 is 2.00 bits per heavy atom. The average molecular weight is 384 g/mol. The van der Waals surface area contributed by atoms with E-state index >= 15 is 0 Å². The largest absolute Gasteiger partial charge is 0.467 e. The van der Waals surface area contributed by atoms with Crippen molar-refractivity contribution in [3.63, 3.8) is 0 Å². The van der Waals surface area contributed by atoms with Gasteiger partial charge in [0.1, 0.15) is 22.7 Å². The number of fused-ring (bicyclic) bond motifs is 1. The van der Waals surface area contributed by atoms with Gasteiger partial charge >= 0.3 is 0 Å². The second-order valence-corrected chi connectivity index (χ2v) is 6.88. The molecule has 1 aliphatic heterocycles. The van der Waals surface area contributed by atoms with Gasteiger partial charge in [-0.25, -0.2) is 4.39 Å². The average Bonchev–Trinajstić information content (AvgIpc) is 2.92. The molecule has 7 nitrogen and oxygen atoms in total. The molecule has 8 heteroatoms. The lowest BCUT2D eigenvalue weighted by atomic mass is 10.1. The lowest BCUT2D eigenvalue weighted by molar-refractivity contribution is -0.133. The number of hydrogen-bond donors (Lipinski definition) is 0. The third-order valence-electron chi connectivity index (χ3n) is 4.80. The zero-order valence-corrected chi connectivity index (χ0v) is 15.7. The summed E-state index contributed by atoms with van der Waals surface area (Å²) in [6.45, 7) is 3.08. The zero-order chi connectivity index (χ0) is 19.5. The predicted octanol–water partition coefficient (Wildman–Crippen LogP) is 3.51. The summed E-state index contributed by atoms with van der Waals surface area (Å²) >= 11 is 0. The van der Waals surface area contributed by atoms with Crippen LogP contribution in [0.25, 0.3) is 22.4 Å². The summed E-state index contributed by atoms with van der Waals surface area (Å²) in [6.07, 6.45) is 4.32. The molecule has 0 saturated carbocycles. The molecule has 1 saturated heterocycles. The number of rotatable bonds is 4. The topological polar surface area (TPSA) is 81.4 Å². The minimum absolute atomic E-state index is 0.0740. The van der Waals surface area contributed by atoms with Crippen molar-refractivity contribution in [3.8, 4) is 17.1 Å². The Labute approximate surface area is 161 Å². The van der Waals surface area contributed by atoms with Crippen molar-refractivity contribution in [2.75, 3.05) is 19.7 Å². The van der Waals surface area contributed by atoms with Gasteiger partial charge in [-0.3, -0.25) is 4.79 Å². The number of ether oxygens (including phenoxy) is 1. The highest BCUT2D eigenvalue weighted by Crippen LogP contribution is 2.33. The van der Waals surface area contributed by atoms with Gasteiger partial charge in [-0.1, -0.05) is 30.1 Å². The van der Waals surface area contributed by atoms with Crippen LogP contribution in [-0.2, 0) is 4.79 Å². The van der Waals surface area contributed by atoms with Crippen LogP contribution in [0, 0.1) is 12.7 Å². The van der Waals surface area contributed by atoms with Crippen molar-refractivity contribution in [2.24, 2.45) is 0 Å². The molecule has 28 heavy (non-hydrogen) atoms. The standard InChI is InChI=1S/C20H21FN4O3/c1-13-22-19(27-12-16(26)25-9-4-2-3-5-10-25)17-18(24-28-20(17)23-13)14-7-6-8-15(21)11-14/h6-8,11H,2-5,9-10,12H2,1H3. The van der Waals surface area contributed by atoms with Crippen LogP contribution in [0.1, 0.15) is 31.5 Å². The molecule has 3 aromatic rings. The number of amides is 1. The molecule has 146 valence electrons. The van der Waals surface area contributed by atoms with Crippen LogP contribution in [0.15, 0.2) is 28.8 Å². The van der Waals surface area contributed by atoms with Crippen molar-refractivity contribution >= 4 is 17.0 Å². The highest BCUT2D eigenvalue weighted by molar-refractivity contribution is 5.93. The number of benzene rings is 1. The number of hydrogen-bond acceptors (Lipinski definition) is 6. The molecule has 1 aromatic carbocycles. The number of aryl methyl sites for hydroxylation is 1. The molecule has 0 atom stereocenters. The Morgan fingerprint density at radius 3 is 2.75 bits per heavy atom. The number of halogens is 1. The Hall–Kier alpha value is -3.03. The Bertz CT molecular complexity index is 996. The summed E-state index contributed by atoms with van der Waals surface area (Å²) in [4.78, 5) is 22.9. The summed E-state index contributed by atoms with van der Waals surface area (Å²) in [5, 5.41) is 4.45. The SMILES string of the molecule is Cc1nc(OCC(=O)N2CCCCCC2)c2c(-c3cccc(F)c3)noc2n1. The fourth-order valence-electron chi connectivity index (χ4n) is 3.40. The van der Waals surface area contributed by atoms with Crippen molar-refractivity contribution in [3.05, 3.63) is 35.9 Å². The van der Waals surface area contributed by atoms with Gasteiger partial charge in [0.25, 0.3) is 11.6 Å². The number of aromatic nitrogens is 3. The van der Waals surface area contributed by atoms with E-state index in [9.17, 15) is 9.18 Å². The lowest BCUT2D eigenvalue weighted by Crippen LogP contribution is -2.35. The Kier molecular flexibility index (Phi) is 5.18. The highest BCUT2D eigenvalue weighted by atomic mass is 19.1. The minimum atomic E-state index is -0.388. The van der Waals surface area contributed by atoms with Gasteiger partial charge in [0.2, 0.25) is 5.88 Å². The molecule has 0 aliphatic carbocycles. The normalized spacial score (nSPS) is 14.9. The summed E-state index contributed by atoms with van der Waals surface area (Å²) in [5.74, 6) is 0.188. The first-order valence-electron chi connectivity index (χ1n) is 9.42. The van der Waals surface area contributed by atoms with Gasteiger partial charge in [0, 0.05) is 18.7 Å². The number of carbonyl (C=O) groups excluding carboxylic acids is 1. The Balaban J connectivity index is 1.62. The van der Waals surface area contributed by atoms with Crippen LogP contribution in [0.4, 0.5) is 4.39 Å². The molecule has 2 aromatic heterocycles. The summed E-state index contributed by atoms with van der Waals surface area (Å²) in [5.41, 5.74) is 1.14. The van der Waals surface area contributed by atoms with Gasteiger partial charge in [-0.05, 0) is 31.9 Å². The van der Waals surface area contributed by atoms with E-state index in [1.54, 1.807) is 19.1 Å². The second-order valence-electron chi connectivity index (χ2n) is 6.88. The lowest BCUT2D eigenvalue weighted by Gasteiger charge is -2.20. The van der Waals surface area contributed by atoms with Crippen molar-refractivity contribution in [2.45, 2.75) is 32.6 Å². The molecule has 4 rings (SSSR count). The molecule has 0 radical (unpaired) electrons. The fraction of sp³-hybridized carbons (Fsp3) is 0.400. The van der Waals surface area contributed by atoms with E-state index in [4.69, 9.17) is 9.26 Å². The van der Waals surface area contributed by atoms with E-state index in [0.29, 0.717) is 22.5 Å². The van der Waals surface area contributed by atoms with Crippen molar-refractivity contribution in [1.29, 1.82) is 0 Å². The van der Waals surface area contributed by atoms with E-state index < -0.39 is 0 Å². The quantitative estimate of drug-likeness (QED) is 0.685. The van der Waals surface area contributed by atoms with Gasteiger partial charge < -0.3 is 14.2 Å². The van der Waals surface area contributed by atoms with Crippen LogP contribution in [0.2, 0.25) is 0 Å². The molecular formula is C20H21FN4O3. The molecule has 1 amide bonds. The highest BCUT2D eigenvalue weighted by Gasteiger charge is 2.22. The second kappa shape index (κ2) is 7.92. The van der Waals surface area contributed by atoms with E-state index in [2.05, 4.69) is 15.1 Å². The maximum Gasteiger partial charge on any atom is 0.265 e. The Morgan fingerprint density at radius 1 is 1.21 bits per heavy atom. The van der Waals surface area contributed by atoms with E-state index in [-0.39, 0.29) is 29.9 Å². The van der Waals surface area contributed by atoms with Gasteiger partial charge in [0.05, 0.1) is 0 Å². The number of carbonyl (C=O) groups is 1. The molecule has 0 N–H and O–H groups in total. The summed E-state index contributed by atoms with van der Waals surface area (Å²) < 4.78 is 24.7. The number of likely N-dealkylation sites (tertiary alicyclic amines) is 1. The van der Waals surface area contributed by atoms with Crippen molar-refractivity contribution in [1.82, 2.24) is 20.0 Å². The summed E-state index contributed by atoms with van der Waals surface area (Å²) in [6, 6.07) is 6.00. The van der Waals surface area contributed by atoms with Crippen LogP contribution in [-0.4, -0.2) is 45.6 Å². The molecule has 0 spiro atoms. The molecule has 1 fully saturated rings. The zero-order valence-electron chi connectivity index (χ0n) is 15.7. The third kappa shape index (κ3) is 3.81. The molecule has 0 bridgehead atoms. The van der Waals surface area contributed by atoms with Crippen LogP contribution >= 0.6 is 0 Å². The third-order valence-corrected chi connectivity index (χ3v) is 4.80. The fourth-order valence-corrected chi connectivity index (χ4v) is 3.40. The number of nitrogens with zero attached hydrogens (tertiary/aromatic N) is 4. The van der Waals surface area contributed by atoms with Crippen LogP contribution < -0.4 is 4.74 Å². The first-order valence-corrected chi connectivity index (χ1v) is 9.42. The van der Waals surface area contributed by atoms with Gasteiger partial charge in [-0.15, -0.1) is 0 Å².